The van der Waals surface area contributed by atoms with Crippen molar-refractivity contribution < 1.29 is 24.2 Å². The van der Waals surface area contributed by atoms with E-state index in [9.17, 15) is 19.5 Å². The number of ether oxygens (including phenoxy) is 1. The molecule has 30 heavy (non-hydrogen) atoms. The SMILES string of the molecule is CCCOC(=O)c1c(-c2ccccc2)csc1NC(=O)C1C2C=CC(C2)C1C(=O)O. The van der Waals surface area contributed by atoms with Gasteiger partial charge >= 0.3 is 11.9 Å². The van der Waals surface area contributed by atoms with Crippen LogP contribution in [-0.4, -0.2) is 29.6 Å². The molecular formula is C23H23NO5S. The smallest absolute Gasteiger partial charge is 0.341 e. The molecule has 1 fully saturated rings. The molecule has 2 aromatic rings. The maximum Gasteiger partial charge on any atom is 0.341 e. The number of aliphatic carboxylic acids is 1. The van der Waals surface area contributed by atoms with Crippen LogP contribution < -0.4 is 5.32 Å². The molecule has 0 aliphatic heterocycles. The molecule has 156 valence electrons. The molecule has 0 spiro atoms. The lowest BCUT2D eigenvalue weighted by Gasteiger charge is -2.23. The fourth-order valence-corrected chi connectivity index (χ4v) is 5.42. The third kappa shape index (κ3) is 3.65. The van der Waals surface area contributed by atoms with Crippen LogP contribution >= 0.6 is 11.3 Å². The highest BCUT2D eigenvalue weighted by Gasteiger charge is 2.51. The summed E-state index contributed by atoms with van der Waals surface area (Å²) in [6.45, 7) is 2.20. The minimum absolute atomic E-state index is 0.0832. The molecule has 2 bridgehead atoms. The standard InChI is InChI=1S/C23H23NO5S/c1-2-10-29-23(28)19-16(13-6-4-3-5-7-13)12-30-21(19)24-20(25)17-14-8-9-15(11-14)18(17)22(26)27/h3-9,12,14-15,17-18H,2,10-11H2,1H3,(H,24,25)(H,26,27). The van der Waals surface area contributed by atoms with Crippen LogP contribution in [0, 0.1) is 23.7 Å². The Kier molecular flexibility index (Phi) is 5.72. The lowest BCUT2D eigenvalue weighted by atomic mass is 9.82. The van der Waals surface area contributed by atoms with Gasteiger partial charge in [-0.05, 0) is 30.2 Å². The maximum atomic E-state index is 13.1. The first kappa shape index (κ1) is 20.3. The number of nitrogens with one attached hydrogen (secondary N) is 1. The van der Waals surface area contributed by atoms with E-state index in [1.54, 1.807) is 0 Å². The molecule has 7 heteroatoms. The highest BCUT2D eigenvalue weighted by molar-refractivity contribution is 7.15. The van der Waals surface area contributed by atoms with E-state index >= 15 is 0 Å². The summed E-state index contributed by atoms with van der Waals surface area (Å²) in [6.07, 6.45) is 5.21. The molecule has 0 radical (unpaired) electrons. The van der Waals surface area contributed by atoms with Gasteiger partial charge in [0.2, 0.25) is 5.91 Å². The number of carbonyl (C=O) groups is 3. The third-order valence-corrected chi connectivity index (χ3v) is 6.70. The van der Waals surface area contributed by atoms with Crippen molar-refractivity contribution in [1.29, 1.82) is 0 Å². The van der Waals surface area contributed by atoms with E-state index in [-0.39, 0.29) is 24.3 Å². The molecule has 6 nitrogen and oxygen atoms in total. The summed E-state index contributed by atoms with van der Waals surface area (Å²) in [6, 6.07) is 9.44. The van der Waals surface area contributed by atoms with Crippen molar-refractivity contribution in [2.24, 2.45) is 23.7 Å². The van der Waals surface area contributed by atoms with Crippen molar-refractivity contribution >= 4 is 34.2 Å². The Balaban J connectivity index is 1.65. The molecule has 1 aromatic carbocycles. The van der Waals surface area contributed by atoms with E-state index in [2.05, 4.69) is 5.32 Å². The number of hydrogen-bond acceptors (Lipinski definition) is 5. The number of fused-ring (bicyclic) bond motifs is 2. The van der Waals surface area contributed by atoms with Crippen LogP contribution in [0.1, 0.15) is 30.1 Å². The van der Waals surface area contributed by atoms with Crippen LogP contribution in [0.4, 0.5) is 5.00 Å². The summed E-state index contributed by atoms with van der Waals surface area (Å²) in [5, 5.41) is 14.7. The monoisotopic (exact) mass is 425 g/mol. The molecule has 2 aliphatic rings. The van der Waals surface area contributed by atoms with Gasteiger partial charge in [-0.2, -0.15) is 0 Å². The molecule has 1 saturated carbocycles. The summed E-state index contributed by atoms with van der Waals surface area (Å²) in [7, 11) is 0. The van der Waals surface area contributed by atoms with E-state index in [4.69, 9.17) is 4.74 Å². The summed E-state index contributed by atoms with van der Waals surface area (Å²) in [5.74, 6) is -3.37. The van der Waals surface area contributed by atoms with Gasteiger partial charge in [0.25, 0.3) is 0 Å². The van der Waals surface area contributed by atoms with Crippen LogP contribution in [0.3, 0.4) is 0 Å². The van der Waals surface area contributed by atoms with Gasteiger partial charge in [-0.3, -0.25) is 9.59 Å². The van der Waals surface area contributed by atoms with Crippen molar-refractivity contribution in [2.75, 3.05) is 11.9 Å². The van der Waals surface area contributed by atoms with Crippen LogP contribution in [0.5, 0.6) is 0 Å². The number of hydrogen-bond donors (Lipinski definition) is 2. The van der Waals surface area contributed by atoms with E-state index in [1.165, 1.54) is 11.3 Å². The topological polar surface area (TPSA) is 92.7 Å². The van der Waals surface area contributed by atoms with Gasteiger partial charge in [0.05, 0.1) is 18.4 Å². The number of amides is 1. The predicted octanol–water partition coefficient (Wildman–Crippen LogP) is 4.44. The second-order valence-electron chi connectivity index (χ2n) is 7.68. The van der Waals surface area contributed by atoms with Gasteiger partial charge in [0.15, 0.2) is 0 Å². The van der Waals surface area contributed by atoms with Crippen LogP contribution in [-0.2, 0) is 14.3 Å². The molecule has 1 aromatic heterocycles. The van der Waals surface area contributed by atoms with Gasteiger partial charge in [-0.25, -0.2) is 4.79 Å². The predicted molar refractivity (Wildman–Crippen MR) is 114 cm³/mol. The normalized spacial score (nSPS) is 24.0. The number of carboxylic acid groups (broad SMARTS) is 1. The largest absolute Gasteiger partial charge is 0.481 e. The molecule has 4 rings (SSSR count). The third-order valence-electron chi connectivity index (χ3n) is 5.80. The van der Waals surface area contributed by atoms with Crippen molar-refractivity contribution in [3.63, 3.8) is 0 Å². The van der Waals surface area contributed by atoms with E-state index < -0.39 is 23.8 Å². The van der Waals surface area contributed by atoms with Crippen LogP contribution in [0.25, 0.3) is 11.1 Å². The van der Waals surface area contributed by atoms with Crippen molar-refractivity contribution in [3.05, 3.63) is 53.4 Å². The Labute approximate surface area is 178 Å². The summed E-state index contributed by atoms with van der Waals surface area (Å²) < 4.78 is 5.37. The van der Waals surface area contributed by atoms with Gasteiger partial charge in [-0.15, -0.1) is 11.3 Å². The fourth-order valence-electron chi connectivity index (χ4n) is 4.46. The Morgan fingerprint density at radius 2 is 1.83 bits per heavy atom. The molecule has 1 heterocycles. The number of allylic oxidation sites excluding steroid dienone is 2. The lowest BCUT2D eigenvalue weighted by Crippen LogP contribution is -2.36. The number of anilines is 1. The Morgan fingerprint density at radius 1 is 1.13 bits per heavy atom. The summed E-state index contributed by atoms with van der Waals surface area (Å²) >= 11 is 1.25. The maximum absolute atomic E-state index is 13.1. The quantitative estimate of drug-likeness (QED) is 0.505. The second-order valence-corrected chi connectivity index (χ2v) is 8.56. The zero-order chi connectivity index (χ0) is 21.3. The first-order chi connectivity index (χ1) is 14.5. The zero-order valence-electron chi connectivity index (χ0n) is 16.5. The van der Waals surface area contributed by atoms with Gasteiger partial charge in [0.1, 0.15) is 10.6 Å². The van der Waals surface area contributed by atoms with Gasteiger partial charge in [-0.1, -0.05) is 49.4 Å². The molecular weight excluding hydrogens is 402 g/mol. The van der Waals surface area contributed by atoms with Crippen LogP contribution in [0.2, 0.25) is 0 Å². The van der Waals surface area contributed by atoms with Crippen molar-refractivity contribution in [1.82, 2.24) is 0 Å². The highest BCUT2D eigenvalue weighted by atomic mass is 32.1. The molecule has 4 atom stereocenters. The lowest BCUT2D eigenvalue weighted by molar-refractivity contribution is -0.146. The van der Waals surface area contributed by atoms with Crippen molar-refractivity contribution in [2.45, 2.75) is 19.8 Å². The Bertz CT molecular complexity index is 996. The Hall–Kier alpha value is -2.93. The number of rotatable bonds is 7. The molecule has 1 amide bonds. The second kappa shape index (κ2) is 8.44. The average molecular weight is 426 g/mol. The highest BCUT2D eigenvalue weighted by Crippen LogP contribution is 2.49. The van der Waals surface area contributed by atoms with E-state index in [1.807, 2.05) is 54.8 Å². The van der Waals surface area contributed by atoms with Gasteiger partial charge < -0.3 is 15.2 Å². The minimum Gasteiger partial charge on any atom is -0.481 e. The first-order valence-electron chi connectivity index (χ1n) is 10.1. The number of esters is 1. The van der Waals surface area contributed by atoms with Crippen LogP contribution in [0.15, 0.2) is 47.9 Å². The molecule has 2 N–H and O–H groups in total. The zero-order valence-corrected chi connectivity index (χ0v) is 17.4. The number of carbonyl (C=O) groups excluding carboxylic acids is 2. The van der Waals surface area contributed by atoms with E-state index in [0.29, 0.717) is 29.0 Å². The summed E-state index contributed by atoms with van der Waals surface area (Å²) in [5.41, 5.74) is 1.86. The van der Waals surface area contributed by atoms with Crippen molar-refractivity contribution in [3.8, 4) is 11.1 Å². The van der Waals surface area contributed by atoms with Gasteiger partial charge in [0, 0.05) is 10.9 Å². The summed E-state index contributed by atoms with van der Waals surface area (Å²) in [4.78, 5) is 37.7. The molecule has 2 aliphatic carbocycles. The first-order valence-corrected chi connectivity index (χ1v) is 10.9. The minimum atomic E-state index is -0.953. The Morgan fingerprint density at radius 3 is 2.50 bits per heavy atom. The number of carboxylic acids is 1. The fraction of sp³-hybridized carbons (Fsp3) is 0.348. The number of benzene rings is 1. The molecule has 4 unspecified atom stereocenters. The van der Waals surface area contributed by atoms with E-state index in [0.717, 1.165) is 5.56 Å². The average Bonchev–Trinajstić information content (AvgIpc) is 3.46. The molecule has 0 saturated heterocycles. The number of thiophene rings is 1.